The number of rotatable bonds is 9. The summed E-state index contributed by atoms with van der Waals surface area (Å²) in [5.41, 5.74) is 0.983. The zero-order chi connectivity index (χ0) is 23.1. The van der Waals surface area contributed by atoms with Gasteiger partial charge in [0, 0.05) is 31.0 Å². The molecule has 31 heavy (non-hydrogen) atoms. The Bertz CT molecular complexity index is 921. The van der Waals surface area contributed by atoms with Gasteiger partial charge in [-0.3, -0.25) is 14.9 Å². The smallest absolute Gasteiger partial charge is 0.336 e. The molecule has 168 valence electrons. The Morgan fingerprint density at radius 3 is 2.58 bits per heavy atom. The first kappa shape index (κ1) is 24.0. The maximum atomic E-state index is 13.1. The van der Waals surface area contributed by atoms with Crippen molar-refractivity contribution in [3.63, 3.8) is 0 Å². The van der Waals surface area contributed by atoms with Crippen molar-refractivity contribution in [3.8, 4) is 0 Å². The average molecular weight is 433 g/mol. The summed E-state index contributed by atoms with van der Waals surface area (Å²) in [6, 6.07) is 5.49. The second kappa shape index (κ2) is 10.7. The van der Waals surface area contributed by atoms with E-state index in [1.54, 1.807) is 26.8 Å². The van der Waals surface area contributed by atoms with Gasteiger partial charge in [-0.15, -0.1) is 0 Å². The van der Waals surface area contributed by atoms with Crippen LogP contribution >= 0.6 is 0 Å². The molecule has 1 unspecified atom stereocenters. The lowest BCUT2D eigenvalue weighted by Gasteiger charge is -2.31. The van der Waals surface area contributed by atoms with E-state index < -0.39 is 29.3 Å². The molecule has 0 aromatic heterocycles. The van der Waals surface area contributed by atoms with Crippen LogP contribution in [0, 0.1) is 10.1 Å². The number of nitro benzene ring substituents is 1. The first-order valence-electron chi connectivity index (χ1n) is 9.74. The zero-order valence-electron chi connectivity index (χ0n) is 17.9. The lowest BCUT2D eigenvalue weighted by Crippen LogP contribution is -2.40. The summed E-state index contributed by atoms with van der Waals surface area (Å²) >= 11 is 0. The molecule has 10 nitrogen and oxygen atoms in total. The molecule has 1 aromatic carbocycles. The number of nitrogens with zero attached hydrogens (tertiary/aromatic N) is 1. The summed E-state index contributed by atoms with van der Waals surface area (Å²) in [6.07, 6.45) is 0. The predicted molar refractivity (Wildman–Crippen MR) is 112 cm³/mol. The lowest BCUT2D eigenvalue weighted by atomic mass is 9.79. The van der Waals surface area contributed by atoms with Crippen LogP contribution in [0.15, 0.2) is 46.8 Å². The van der Waals surface area contributed by atoms with Crippen molar-refractivity contribution in [2.45, 2.75) is 32.7 Å². The minimum Gasteiger partial charge on any atom is -0.460 e. The number of carbonyl (C=O) groups is 2. The topological polar surface area (TPSA) is 140 Å². The molecule has 3 N–H and O–H groups in total. The van der Waals surface area contributed by atoms with Crippen molar-refractivity contribution in [1.29, 1.82) is 0 Å². The van der Waals surface area contributed by atoms with E-state index in [1.165, 1.54) is 25.3 Å². The highest BCUT2D eigenvalue weighted by Crippen LogP contribution is 2.39. The van der Waals surface area contributed by atoms with Crippen LogP contribution in [0.1, 0.15) is 32.3 Å². The van der Waals surface area contributed by atoms with Gasteiger partial charge in [0.05, 0.1) is 40.9 Å². The van der Waals surface area contributed by atoms with Gasteiger partial charge in [0.2, 0.25) is 5.91 Å². The third-order valence-corrected chi connectivity index (χ3v) is 4.62. The van der Waals surface area contributed by atoms with Crippen LogP contribution < -0.4 is 10.6 Å². The molecule has 1 aliphatic heterocycles. The van der Waals surface area contributed by atoms with E-state index in [0.717, 1.165) is 0 Å². The van der Waals surface area contributed by atoms with E-state index in [4.69, 9.17) is 9.47 Å². The SMILES string of the molecule is COCCOC(=O)C1=C(C)NC(CO)=C(C(=O)NC(C)C)C1c1cccc([N+](=O)[O-])c1. The van der Waals surface area contributed by atoms with Crippen LogP contribution in [0.3, 0.4) is 0 Å². The number of nitrogens with one attached hydrogen (secondary N) is 2. The molecule has 10 heteroatoms. The molecule has 1 aliphatic rings. The molecule has 1 amide bonds. The van der Waals surface area contributed by atoms with Gasteiger partial charge in [0.1, 0.15) is 6.61 Å². The van der Waals surface area contributed by atoms with Crippen LogP contribution in [0.5, 0.6) is 0 Å². The van der Waals surface area contributed by atoms with Crippen molar-refractivity contribution in [2.24, 2.45) is 0 Å². The summed E-state index contributed by atoms with van der Waals surface area (Å²) < 4.78 is 10.2. The summed E-state index contributed by atoms with van der Waals surface area (Å²) in [6.45, 7) is 4.86. The van der Waals surface area contributed by atoms with E-state index in [9.17, 15) is 24.8 Å². The van der Waals surface area contributed by atoms with Gasteiger partial charge in [-0.25, -0.2) is 4.79 Å². The number of carbonyl (C=O) groups excluding carboxylic acids is 2. The third-order valence-electron chi connectivity index (χ3n) is 4.62. The number of allylic oxidation sites excluding steroid dienone is 1. The minimum absolute atomic E-state index is 0.00212. The molecule has 0 saturated carbocycles. The van der Waals surface area contributed by atoms with Gasteiger partial charge in [-0.05, 0) is 26.3 Å². The Kier molecular flexibility index (Phi) is 8.29. The van der Waals surface area contributed by atoms with E-state index in [-0.39, 0.29) is 41.8 Å². The fourth-order valence-corrected chi connectivity index (χ4v) is 3.35. The van der Waals surface area contributed by atoms with Crippen LogP contribution in [0.25, 0.3) is 0 Å². The Labute approximate surface area is 180 Å². The summed E-state index contributed by atoms with van der Waals surface area (Å²) in [5, 5.41) is 26.9. The third kappa shape index (κ3) is 5.68. The van der Waals surface area contributed by atoms with E-state index in [0.29, 0.717) is 11.3 Å². The first-order chi connectivity index (χ1) is 14.7. The van der Waals surface area contributed by atoms with Crippen molar-refractivity contribution in [1.82, 2.24) is 10.6 Å². The number of non-ortho nitro benzene ring substituents is 1. The highest BCUT2D eigenvalue weighted by Gasteiger charge is 2.38. The highest BCUT2D eigenvalue weighted by atomic mass is 16.6. The minimum atomic E-state index is -0.975. The van der Waals surface area contributed by atoms with E-state index in [1.807, 2.05) is 0 Å². The number of methoxy groups -OCH3 is 1. The van der Waals surface area contributed by atoms with E-state index in [2.05, 4.69) is 10.6 Å². The largest absolute Gasteiger partial charge is 0.460 e. The first-order valence-corrected chi connectivity index (χ1v) is 9.74. The van der Waals surface area contributed by atoms with Crippen molar-refractivity contribution in [3.05, 3.63) is 62.5 Å². The fraction of sp³-hybridized carbons (Fsp3) is 0.429. The number of benzene rings is 1. The lowest BCUT2D eigenvalue weighted by molar-refractivity contribution is -0.384. The molecule has 1 atom stereocenters. The number of aliphatic hydroxyl groups is 1. The molecule has 1 aromatic rings. The standard InChI is InChI=1S/C21H27N3O7/c1-12(2)22-20(26)19-16(11-25)23-13(3)17(21(27)31-9-8-30-4)18(19)14-6-5-7-15(10-14)24(28)29/h5-7,10,12,18,23,25H,8-9,11H2,1-4H3,(H,22,26). The predicted octanol–water partition coefficient (Wildman–Crippen LogP) is 1.52. The maximum absolute atomic E-state index is 13.1. The molecule has 0 aliphatic carbocycles. The number of nitro groups is 1. The number of hydrogen-bond acceptors (Lipinski definition) is 8. The van der Waals surface area contributed by atoms with E-state index >= 15 is 0 Å². The number of amides is 1. The molecule has 0 fully saturated rings. The van der Waals surface area contributed by atoms with Gasteiger partial charge in [0.25, 0.3) is 5.69 Å². The normalized spacial score (nSPS) is 16.3. The fourth-order valence-electron chi connectivity index (χ4n) is 3.35. The molecular formula is C21H27N3O7. The van der Waals surface area contributed by atoms with Crippen molar-refractivity contribution < 1.29 is 29.1 Å². The van der Waals surface area contributed by atoms with Crippen LogP contribution in [-0.2, 0) is 19.1 Å². The summed E-state index contributed by atoms with van der Waals surface area (Å²) in [5.74, 6) is -2.17. The van der Waals surface area contributed by atoms with Gasteiger partial charge in [-0.2, -0.15) is 0 Å². The molecule has 0 radical (unpaired) electrons. The van der Waals surface area contributed by atoms with Gasteiger partial charge < -0.3 is 25.2 Å². The van der Waals surface area contributed by atoms with Crippen LogP contribution in [0.2, 0.25) is 0 Å². The summed E-state index contributed by atoms with van der Waals surface area (Å²) in [7, 11) is 1.47. The van der Waals surface area contributed by atoms with Crippen LogP contribution in [-0.4, -0.2) is 54.9 Å². The maximum Gasteiger partial charge on any atom is 0.336 e. The Morgan fingerprint density at radius 2 is 2.00 bits per heavy atom. The van der Waals surface area contributed by atoms with Crippen molar-refractivity contribution in [2.75, 3.05) is 26.9 Å². The molecule has 1 heterocycles. The number of ether oxygens (including phenoxy) is 2. The zero-order valence-corrected chi connectivity index (χ0v) is 17.9. The quantitative estimate of drug-likeness (QED) is 0.230. The number of aliphatic hydroxyl groups excluding tert-OH is 1. The molecule has 0 spiro atoms. The number of esters is 1. The average Bonchev–Trinajstić information content (AvgIpc) is 2.72. The number of dihydropyridines is 1. The Balaban J connectivity index is 2.66. The highest BCUT2D eigenvalue weighted by molar-refractivity contribution is 6.02. The molecular weight excluding hydrogens is 406 g/mol. The molecule has 2 rings (SSSR count). The molecule has 0 bridgehead atoms. The van der Waals surface area contributed by atoms with Gasteiger partial charge >= 0.3 is 5.97 Å². The number of hydrogen-bond donors (Lipinski definition) is 3. The Hall–Kier alpha value is -3.24. The van der Waals surface area contributed by atoms with Crippen LogP contribution in [0.4, 0.5) is 5.69 Å². The summed E-state index contributed by atoms with van der Waals surface area (Å²) in [4.78, 5) is 36.8. The van der Waals surface area contributed by atoms with Crippen molar-refractivity contribution >= 4 is 17.6 Å². The van der Waals surface area contributed by atoms with Gasteiger partial charge in [-0.1, -0.05) is 12.1 Å². The Morgan fingerprint density at radius 1 is 1.29 bits per heavy atom. The monoisotopic (exact) mass is 433 g/mol. The molecule has 0 saturated heterocycles. The van der Waals surface area contributed by atoms with Gasteiger partial charge in [0.15, 0.2) is 0 Å². The second-order valence-electron chi connectivity index (χ2n) is 7.26. The second-order valence-corrected chi connectivity index (χ2v) is 7.26.